The molecule has 0 spiro atoms. The molecule has 18 heavy (non-hydrogen) atoms. The van der Waals surface area contributed by atoms with Crippen LogP contribution in [0.15, 0.2) is 22.3 Å². The Labute approximate surface area is 106 Å². The SMILES string of the molecule is CCS(=O)(=O)c1cc(/C(C#N)=N/OC)cnc1C. The van der Waals surface area contributed by atoms with Crippen LogP contribution in [0.5, 0.6) is 0 Å². The highest BCUT2D eigenvalue weighted by Crippen LogP contribution is 2.16. The first-order valence-electron chi connectivity index (χ1n) is 5.17. The van der Waals surface area contributed by atoms with Crippen LogP contribution in [-0.4, -0.2) is 32.0 Å². The molecule has 0 atom stereocenters. The lowest BCUT2D eigenvalue weighted by atomic mass is 10.2. The van der Waals surface area contributed by atoms with Crippen LogP contribution >= 0.6 is 0 Å². The second kappa shape index (κ2) is 5.60. The van der Waals surface area contributed by atoms with Crippen molar-refractivity contribution in [3.8, 4) is 6.07 Å². The first kappa shape index (κ1) is 14.1. The Balaban J connectivity index is 3.43. The number of hydrogen-bond donors (Lipinski definition) is 0. The van der Waals surface area contributed by atoms with Gasteiger partial charge in [0.2, 0.25) is 0 Å². The van der Waals surface area contributed by atoms with Crippen LogP contribution in [0.25, 0.3) is 0 Å². The Morgan fingerprint density at radius 1 is 1.61 bits per heavy atom. The van der Waals surface area contributed by atoms with E-state index in [0.717, 1.165) is 0 Å². The van der Waals surface area contributed by atoms with Crippen LogP contribution < -0.4 is 0 Å². The maximum atomic E-state index is 11.8. The molecule has 0 N–H and O–H groups in total. The fourth-order valence-electron chi connectivity index (χ4n) is 1.34. The Morgan fingerprint density at radius 2 is 2.28 bits per heavy atom. The van der Waals surface area contributed by atoms with Gasteiger partial charge in [0.15, 0.2) is 15.5 Å². The van der Waals surface area contributed by atoms with E-state index in [-0.39, 0.29) is 16.4 Å². The molecule has 0 saturated carbocycles. The van der Waals surface area contributed by atoms with Gasteiger partial charge in [-0.05, 0) is 13.0 Å². The van der Waals surface area contributed by atoms with Crippen molar-refractivity contribution in [3.05, 3.63) is 23.5 Å². The third-order valence-electron chi connectivity index (χ3n) is 2.32. The fraction of sp³-hybridized carbons (Fsp3) is 0.364. The third-order valence-corrected chi connectivity index (χ3v) is 4.16. The molecular formula is C11H13N3O3S. The highest BCUT2D eigenvalue weighted by molar-refractivity contribution is 7.91. The number of nitrogens with zero attached hydrogens (tertiary/aromatic N) is 3. The van der Waals surface area contributed by atoms with E-state index in [1.54, 1.807) is 13.8 Å². The van der Waals surface area contributed by atoms with Gasteiger partial charge in [-0.25, -0.2) is 8.42 Å². The van der Waals surface area contributed by atoms with Gasteiger partial charge < -0.3 is 4.84 Å². The lowest BCUT2D eigenvalue weighted by molar-refractivity contribution is 0.214. The predicted octanol–water partition coefficient (Wildman–Crippen LogP) is 1.06. The molecule has 0 unspecified atom stereocenters. The van der Waals surface area contributed by atoms with Crippen molar-refractivity contribution in [2.75, 3.05) is 12.9 Å². The van der Waals surface area contributed by atoms with E-state index in [4.69, 9.17) is 5.26 Å². The molecule has 96 valence electrons. The van der Waals surface area contributed by atoms with Gasteiger partial charge in [-0.2, -0.15) is 5.26 Å². The molecule has 1 aromatic rings. The third kappa shape index (κ3) is 2.84. The number of hydrogen-bond acceptors (Lipinski definition) is 6. The maximum Gasteiger partial charge on any atom is 0.188 e. The lowest BCUT2D eigenvalue weighted by Gasteiger charge is -2.06. The van der Waals surface area contributed by atoms with E-state index in [9.17, 15) is 8.42 Å². The molecule has 1 aromatic heterocycles. The summed E-state index contributed by atoms with van der Waals surface area (Å²) in [5, 5.41) is 12.4. The topological polar surface area (TPSA) is 92.4 Å². The van der Waals surface area contributed by atoms with E-state index in [1.165, 1.54) is 19.4 Å². The minimum atomic E-state index is -3.38. The molecule has 0 bridgehead atoms. The maximum absolute atomic E-state index is 11.8. The van der Waals surface area contributed by atoms with Gasteiger partial charge in [-0.1, -0.05) is 12.1 Å². The van der Waals surface area contributed by atoms with E-state index < -0.39 is 9.84 Å². The second-order valence-corrected chi connectivity index (χ2v) is 5.69. The number of nitriles is 1. The van der Waals surface area contributed by atoms with E-state index in [0.29, 0.717) is 11.3 Å². The van der Waals surface area contributed by atoms with Crippen LogP contribution in [0.1, 0.15) is 18.2 Å². The van der Waals surface area contributed by atoms with Gasteiger partial charge in [0, 0.05) is 11.8 Å². The molecule has 0 aliphatic heterocycles. The molecule has 1 rings (SSSR count). The normalized spacial score (nSPS) is 12.0. The summed E-state index contributed by atoms with van der Waals surface area (Å²) in [6.07, 6.45) is 1.39. The number of sulfone groups is 1. The van der Waals surface area contributed by atoms with Crippen LogP contribution in [0.3, 0.4) is 0 Å². The van der Waals surface area contributed by atoms with Crippen LogP contribution in [0, 0.1) is 18.3 Å². The number of pyridine rings is 1. The Hall–Kier alpha value is -1.94. The van der Waals surface area contributed by atoms with Gasteiger partial charge in [0.05, 0.1) is 16.3 Å². The Bertz CT molecular complexity index is 615. The van der Waals surface area contributed by atoms with Crippen molar-refractivity contribution in [2.45, 2.75) is 18.7 Å². The number of oxime groups is 1. The van der Waals surface area contributed by atoms with Gasteiger partial charge >= 0.3 is 0 Å². The van der Waals surface area contributed by atoms with E-state index >= 15 is 0 Å². The van der Waals surface area contributed by atoms with Crippen molar-refractivity contribution < 1.29 is 13.3 Å². The molecule has 0 fully saturated rings. The van der Waals surface area contributed by atoms with Crippen molar-refractivity contribution >= 4 is 15.5 Å². The van der Waals surface area contributed by atoms with Crippen LogP contribution in [0.4, 0.5) is 0 Å². The molecule has 0 aliphatic rings. The smallest absolute Gasteiger partial charge is 0.188 e. The molecule has 7 heteroatoms. The number of aryl methyl sites for hydroxylation is 1. The fourth-order valence-corrected chi connectivity index (χ4v) is 2.46. The van der Waals surface area contributed by atoms with Gasteiger partial charge in [0.1, 0.15) is 13.2 Å². The highest BCUT2D eigenvalue weighted by atomic mass is 32.2. The van der Waals surface area contributed by atoms with Gasteiger partial charge in [-0.3, -0.25) is 4.98 Å². The summed E-state index contributed by atoms with van der Waals surface area (Å²) in [6, 6.07) is 3.22. The van der Waals surface area contributed by atoms with E-state index in [2.05, 4.69) is 15.0 Å². The molecule has 0 amide bonds. The zero-order chi connectivity index (χ0) is 13.8. The molecule has 0 aliphatic carbocycles. The van der Waals surface area contributed by atoms with Gasteiger partial charge in [0.25, 0.3) is 0 Å². The summed E-state index contributed by atoms with van der Waals surface area (Å²) >= 11 is 0. The average molecular weight is 267 g/mol. The zero-order valence-corrected chi connectivity index (χ0v) is 11.2. The number of aromatic nitrogens is 1. The molecule has 0 aromatic carbocycles. The second-order valence-electron chi connectivity index (χ2n) is 3.45. The average Bonchev–Trinajstić information content (AvgIpc) is 2.36. The molecule has 0 saturated heterocycles. The summed E-state index contributed by atoms with van der Waals surface area (Å²) in [4.78, 5) is 8.61. The summed E-state index contributed by atoms with van der Waals surface area (Å²) in [5.74, 6) is -0.0255. The van der Waals surface area contributed by atoms with Crippen LogP contribution in [-0.2, 0) is 14.7 Å². The highest BCUT2D eigenvalue weighted by Gasteiger charge is 2.17. The number of rotatable bonds is 4. The summed E-state index contributed by atoms with van der Waals surface area (Å²) in [6.45, 7) is 3.15. The predicted molar refractivity (Wildman–Crippen MR) is 65.9 cm³/mol. The molecule has 6 nitrogen and oxygen atoms in total. The minimum Gasteiger partial charge on any atom is -0.398 e. The quantitative estimate of drug-likeness (QED) is 0.600. The molecule has 0 radical (unpaired) electrons. The van der Waals surface area contributed by atoms with Crippen molar-refractivity contribution in [3.63, 3.8) is 0 Å². The van der Waals surface area contributed by atoms with Crippen molar-refractivity contribution in [1.82, 2.24) is 4.98 Å². The van der Waals surface area contributed by atoms with Gasteiger partial charge in [-0.15, -0.1) is 0 Å². The van der Waals surface area contributed by atoms with Crippen LogP contribution in [0.2, 0.25) is 0 Å². The summed E-state index contributed by atoms with van der Waals surface area (Å²) in [7, 11) is -2.07. The minimum absolute atomic E-state index is 0.0162. The Morgan fingerprint density at radius 3 is 2.78 bits per heavy atom. The summed E-state index contributed by atoms with van der Waals surface area (Å²) in [5.41, 5.74) is 0.699. The standard InChI is InChI=1S/C11H13N3O3S/c1-4-18(15,16)11-5-9(7-13-8(11)2)10(6-12)14-17-3/h5,7H,4H2,1-3H3/b14-10+. The largest absolute Gasteiger partial charge is 0.398 e. The van der Waals surface area contributed by atoms with Crippen molar-refractivity contribution in [2.24, 2.45) is 5.16 Å². The first-order chi connectivity index (χ1) is 8.46. The molecular weight excluding hydrogens is 254 g/mol. The van der Waals surface area contributed by atoms with Crippen molar-refractivity contribution in [1.29, 1.82) is 5.26 Å². The first-order valence-corrected chi connectivity index (χ1v) is 6.82. The Kier molecular flexibility index (Phi) is 4.39. The monoisotopic (exact) mass is 267 g/mol. The summed E-state index contributed by atoms with van der Waals surface area (Å²) < 4.78 is 23.7. The zero-order valence-electron chi connectivity index (χ0n) is 10.3. The lowest BCUT2D eigenvalue weighted by Crippen LogP contribution is -2.09. The molecule has 1 heterocycles. The van der Waals surface area contributed by atoms with E-state index in [1.807, 2.05) is 6.07 Å².